The minimum absolute atomic E-state index is 0.251. The Balaban J connectivity index is 2.11. The van der Waals surface area contributed by atoms with Gasteiger partial charge in [-0.25, -0.2) is 8.78 Å². The predicted molar refractivity (Wildman–Crippen MR) is 90.8 cm³/mol. The highest BCUT2D eigenvalue weighted by Crippen LogP contribution is 2.38. The van der Waals surface area contributed by atoms with Gasteiger partial charge in [-0.1, -0.05) is 0 Å². The van der Waals surface area contributed by atoms with E-state index in [-0.39, 0.29) is 5.75 Å². The molecule has 0 saturated carbocycles. The van der Waals surface area contributed by atoms with Gasteiger partial charge < -0.3 is 19.5 Å². The van der Waals surface area contributed by atoms with E-state index in [1.807, 2.05) is 0 Å². The summed E-state index contributed by atoms with van der Waals surface area (Å²) in [5.41, 5.74) is 0.858. The molecule has 0 radical (unpaired) electrons. The van der Waals surface area contributed by atoms with E-state index in [2.05, 4.69) is 10.3 Å². The summed E-state index contributed by atoms with van der Waals surface area (Å²) in [5, 5.41) is 3.22. The maximum absolute atomic E-state index is 14.2. The average Bonchev–Trinajstić information content (AvgIpc) is 2.63. The summed E-state index contributed by atoms with van der Waals surface area (Å²) in [6, 6.07) is 7.15. The van der Waals surface area contributed by atoms with Gasteiger partial charge in [-0.05, 0) is 12.1 Å². The Hall–Kier alpha value is -3.09. The van der Waals surface area contributed by atoms with Crippen molar-refractivity contribution in [2.24, 2.45) is 0 Å². The van der Waals surface area contributed by atoms with Crippen LogP contribution in [0.25, 0.3) is 10.9 Å². The molecule has 0 aliphatic rings. The molecular weight excluding hydrogens is 330 g/mol. The number of hydrogen-bond acceptors (Lipinski definition) is 5. The zero-order valence-corrected chi connectivity index (χ0v) is 13.9. The number of aromatic nitrogens is 1. The predicted octanol–water partition coefficient (Wildman–Crippen LogP) is 4.36. The third-order valence-corrected chi connectivity index (χ3v) is 3.71. The Morgan fingerprint density at radius 2 is 1.56 bits per heavy atom. The highest BCUT2D eigenvalue weighted by molar-refractivity contribution is 5.88. The number of benzene rings is 2. The van der Waals surface area contributed by atoms with Crippen molar-refractivity contribution in [3.63, 3.8) is 0 Å². The van der Waals surface area contributed by atoms with Crippen LogP contribution in [-0.2, 0) is 0 Å². The molecule has 0 aliphatic heterocycles. The largest absolute Gasteiger partial charge is 0.493 e. The molecule has 0 fully saturated rings. The zero-order valence-electron chi connectivity index (χ0n) is 13.9. The molecule has 1 heterocycles. The van der Waals surface area contributed by atoms with Gasteiger partial charge in [-0.3, -0.25) is 4.98 Å². The summed E-state index contributed by atoms with van der Waals surface area (Å²) in [5.74, 6) is -0.901. The fourth-order valence-electron chi connectivity index (χ4n) is 2.45. The first-order chi connectivity index (χ1) is 12.1. The molecule has 5 nitrogen and oxygen atoms in total. The fraction of sp³-hybridized carbons (Fsp3) is 0.167. The van der Waals surface area contributed by atoms with Crippen LogP contribution in [0.5, 0.6) is 23.0 Å². The molecule has 25 heavy (non-hydrogen) atoms. The number of methoxy groups -OCH3 is 2. The van der Waals surface area contributed by atoms with Crippen molar-refractivity contribution in [2.45, 2.75) is 0 Å². The highest BCUT2D eigenvalue weighted by atomic mass is 19.1. The van der Waals surface area contributed by atoms with Crippen molar-refractivity contribution in [3.05, 3.63) is 48.2 Å². The van der Waals surface area contributed by atoms with Gasteiger partial charge >= 0.3 is 0 Å². The zero-order chi connectivity index (χ0) is 18.0. The second-order valence-electron chi connectivity index (χ2n) is 5.15. The van der Waals surface area contributed by atoms with E-state index in [1.54, 1.807) is 19.2 Å². The summed E-state index contributed by atoms with van der Waals surface area (Å²) in [7, 11) is 4.58. The van der Waals surface area contributed by atoms with E-state index in [9.17, 15) is 8.78 Å². The lowest BCUT2D eigenvalue weighted by atomic mass is 10.1. The van der Waals surface area contributed by atoms with Gasteiger partial charge in [0.1, 0.15) is 5.75 Å². The maximum Gasteiger partial charge on any atom is 0.198 e. The summed E-state index contributed by atoms with van der Waals surface area (Å²) >= 11 is 0. The number of rotatable bonds is 5. The number of fused-ring (bicyclic) bond motifs is 1. The second kappa shape index (κ2) is 6.80. The number of hydrogen-bond donors (Lipinski definition) is 1. The average molecular weight is 346 g/mol. The summed E-state index contributed by atoms with van der Waals surface area (Å²) in [6.45, 7) is 0. The van der Waals surface area contributed by atoms with E-state index in [1.165, 1.54) is 26.5 Å². The number of nitrogens with zero attached hydrogens (tertiary/aromatic N) is 1. The van der Waals surface area contributed by atoms with Crippen molar-refractivity contribution < 1.29 is 23.0 Å². The van der Waals surface area contributed by atoms with Crippen molar-refractivity contribution in [3.8, 4) is 23.0 Å². The molecule has 0 bridgehead atoms. The van der Waals surface area contributed by atoms with Crippen molar-refractivity contribution in [1.29, 1.82) is 0 Å². The number of pyridine rings is 1. The third-order valence-electron chi connectivity index (χ3n) is 3.71. The fourth-order valence-corrected chi connectivity index (χ4v) is 2.45. The van der Waals surface area contributed by atoms with Gasteiger partial charge in [0.05, 0.1) is 19.7 Å². The quantitative estimate of drug-likeness (QED) is 0.744. The lowest BCUT2D eigenvalue weighted by Crippen LogP contribution is -1.98. The first-order valence-corrected chi connectivity index (χ1v) is 7.42. The normalized spacial score (nSPS) is 10.6. The topological polar surface area (TPSA) is 52.6 Å². The Morgan fingerprint density at radius 1 is 0.920 bits per heavy atom. The molecule has 1 aromatic heterocycles. The SMILES string of the molecule is CNc1cc(F)c(Oc2ccnc3cc(OC)c(OC)cc23)c(F)c1. The van der Waals surface area contributed by atoms with Crippen LogP contribution >= 0.6 is 0 Å². The summed E-state index contributed by atoms with van der Waals surface area (Å²) in [6.07, 6.45) is 1.49. The molecule has 0 atom stereocenters. The highest BCUT2D eigenvalue weighted by Gasteiger charge is 2.16. The van der Waals surface area contributed by atoms with Crippen LogP contribution < -0.4 is 19.5 Å². The Bertz CT molecular complexity index is 909. The molecule has 3 aromatic rings. The molecule has 2 aromatic carbocycles. The smallest absolute Gasteiger partial charge is 0.198 e. The van der Waals surface area contributed by atoms with Gasteiger partial charge in [-0.15, -0.1) is 0 Å². The Morgan fingerprint density at radius 3 is 2.16 bits per heavy atom. The molecule has 0 spiro atoms. The number of anilines is 1. The molecule has 0 saturated heterocycles. The molecule has 7 heteroatoms. The molecule has 0 amide bonds. The van der Waals surface area contributed by atoms with Gasteiger partial charge in [0.25, 0.3) is 0 Å². The van der Waals surface area contributed by atoms with Gasteiger partial charge in [0, 0.05) is 42.5 Å². The van der Waals surface area contributed by atoms with Gasteiger partial charge in [0.15, 0.2) is 28.9 Å². The van der Waals surface area contributed by atoms with E-state index in [4.69, 9.17) is 14.2 Å². The molecular formula is C18H16F2N2O3. The Labute approximate surface area is 143 Å². The van der Waals surface area contributed by atoms with E-state index < -0.39 is 17.4 Å². The van der Waals surface area contributed by atoms with Crippen LogP contribution in [0.2, 0.25) is 0 Å². The number of nitrogens with one attached hydrogen (secondary N) is 1. The third kappa shape index (κ3) is 3.13. The molecule has 130 valence electrons. The van der Waals surface area contributed by atoms with Crippen LogP contribution in [0, 0.1) is 11.6 Å². The summed E-state index contributed by atoms with van der Waals surface area (Å²) < 4.78 is 44.4. The van der Waals surface area contributed by atoms with Crippen molar-refractivity contribution in [1.82, 2.24) is 4.98 Å². The standard InChI is InChI=1S/C18H16F2N2O3/c1-21-10-6-12(19)18(13(20)7-10)25-15-4-5-22-14-9-17(24-3)16(23-2)8-11(14)15/h4-9,21H,1-3H3. The van der Waals surface area contributed by atoms with Gasteiger partial charge in [0.2, 0.25) is 0 Å². The minimum atomic E-state index is -0.810. The van der Waals surface area contributed by atoms with Crippen LogP contribution in [0.1, 0.15) is 0 Å². The lowest BCUT2D eigenvalue weighted by molar-refractivity contribution is 0.355. The first-order valence-electron chi connectivity index (χ1n) is 7.42. The van der Waals surface area contributed by atoms with Crippen LogP contribution in [-0.4, -0.2) is 26.3 Å². The van der Waals surface area contributed by atoms with Crippen molar-refractivity contribution in [2.75, 3.05) is 26.6 Å². The van der Waals surface area contributed by atoms with Crippen molar-refractivity contribution >= 4 is 16.6 Å². The summed E-state index contributed by atoms with van der Waals surface area (Å²) in [4.78, 5) is 4.23. The molecule has 0 unspecified atom stereocenters. The van der Waals surface area contributed by atoms with Gasteiger partial charge in [-0.2, -0.15) is 0 Å². The minimum Gasteiger partial charge on any atom is -0.493 e. The van der Waals surface area contributed by atoms with Crippen LogP contribution in [0.4, 0.5) is 14.5 Å². The molecule has 1 N–H and O–H groups in total. The first kappa shape index (κ1) is 16.8. The molecule has 0 aliphatic carbocycles. The maximum atomic E-state index is 14.2. The second-order valence-corrected chi connectivity index (χ2v) is 5.15. The molecule has 3 rings (SSSR count). The Kier molecular flexibility index (Phi) is 4.56. The van der Waals surface area contributed by atoms with E-state index in [0.29, 0.717) is 28.1 Å². The lowest BCUT2D eigenvalue weighted by Gasteiger charge is -2.13. The number of ether oxygens (including phenoxy) is 3. The van der Waals surface area contributed by atoms with Crippen LogP contribution in [0.3, 0.4) is 0 Å². The monoisotopic (exact) mass is 346 g/mol. The number of halogens is 2. The van der Waals surface area contributed by atoms with Crippen LogP contribution in [0.15, 0.2) is 36.5 Å². The van der Waals surface area contributed by atoms with E-state index >= 15 is 0 Å². The van der Waals surface area contributed by atoms with E-state index in [0.717, 1.165) is 12.1 Å².